The highest BCUT2D eigenvalue weighted by Crippen LogP contribution is 2.20. The second-order valence-electron chi connectivity index (χ2n) is 7.76. The van der Waals surface area contributed by atoms with Gasteiger partial charge in [-0.2, -0.15) is 5.10 Å². The van der Waals surface area contributed by atoms with Crippen LogP contribution in [0.5, 0.6) is 0 Å². The molecule has 0 saturated heterocycles. The Bertz CT molecular complexity index is 1390. The van der Waals surface area contributed by atoms with E-state index in [4.69, 9.17) is 4.42 Å². The summed E-state index contributed by atoms with van der Waals surface area (Å²) < 4.78 is 7.27. The number of carbonyl (C=O) groups is 2. The maximum absolute atomic E-state index is 12.5. The van der Waals surface area contributed by atoms with Crippen molar-refractivity contribution < 1.29 is 14.0 Å². The summed E-state index contributed by atoms with van der Waals surface area (Å²) in [4.78, 5) is 28.8. The first-order valence-electron chi connectivity index (χ1n) is 10.7. The molecule has 2 amide bonds. The molecule has 5 rings (SSSR count). The van der Waals surface area contributed by atoms with Gasteiger partial charge >= 0.3 is 0 Å². The lowest BCUT2D eigenvalue weighted by atomic mass is 10.1. The molecule has 0 aliphatic carbocycles. The zero-order chi connectivity index (χ0) is 23.3. The van der Waals surface area contributed by atoms with E-state index in [-0.39, 0.29) is 24.0 Å². The van der Waals surface area contributed by atoms with Crippen LogP contribution in [0.25, 0.3) is 16.7 Å². The summed E-state index contributed by atoms with van der Waals surface area (Å²) in [5.41, 5.74) is 4.03. The van der Waals surface area contributed by atoms with Crippen LogP contribution in [0.2, 0.25) is 0 Å². The molecule has 0 aliphatic heterocycles. The van der Waals surface area contributed by atoms with Gasteiger partial charge in [0, 0.05) is 17.6 Å². The van der Waals surface area contributed by atoms with E-state index in [1.165, 1.54) is 6.33 Å². The van der Waals surface area contributed by atoms with Gasteiger partial charge in [0.25, 0.3) is 5.91 Å². The summed E-state index contributed by atoms with van der Waals surface area (Å²) >= 11 is 0. The number of benzene rings is 3. The fourth-order valence-electron chi connectivity index (χ4n) is 3.55. The Morgan fingerprint density at radius 2 is 1.68 bits per heavy atom. The number of rotatable bonds is 7. The quantitative estimate of drug-likeness (QED) is 0.388. The number of amides is 2. The Morgan fingerprint density at radius 1 is 0.912 bits per heavy atom. The number of furan rings is 1. The highest BCUT2D eigenvalue weighted by Gasteiger charge is 2.12. The molecule has 168 valence electrons. The summed E-state index contributed by atoms with van der Waals surface area (Å²) in [6.45, 7) is 0.433. The molecule has 34 heavy (non-hydrogen) atoms. The molecule has 0 saturated carbocycles. The Labute approximate surface area is 195 Å². The van der Waals surface area contributed by atoms with Crippen molar-refractivity contribution >= 4 is 28.5 Å². The Morgan fingerprint density at radius 3 is 2.41 bits per heavy atom. The zero-order valence-corrected chi connectivity index (χ0v) is 18.1. The highest BCUT2D eigenvalue weighted by molar-refractivity contribution is 6.04. The third kappa shape index (κ3) is 4.86. The SMILES string of the molecule is O=C(Cc1ccc(NC(=O)c2cc3ccccc3o2)cc1)NCc1ccc(-n2cncn2)cc1. The number of nitrogens with one attached hydrogen (secondary N) is 2. The molecular formula is C26H21N5O3. The molecule has 8 nitrogen and oxygen atoms in total. The van der Waals surface area contributed by atoms with E-state index >= 15 is 0 Å². The molecule has 2 heterocycles. The molecule has 0 bridgehead atoms. The lowest BCUT2D eigenvalue weighted by Crippen LogP contribution is -2.24. The normalized spacial score (nSPS) is 10.8. The van der Waals surface area contributed by atoms with Crippen molar-refractivity contribution in [2.45, 2.75) is 13.0 Å². The Balaban J connectivity index is 1.12. The maximum Gasteiger partial charge on any atom is 0.291 e. The Hall–Kier alpha value is -4.72. The molecular weight excluding hydrogens is 430 g/mol. The van der Waals surface area contributed by atoms with Gasteiger partial charge in [-0.05, 0) is 47.5 Å². The number of fused-ring (bicyclic) bond motifs is 1. The molecule has 2 N–H and O–H groups in total. The van der Waals surface area contributed by atoms with Gasteiger partial charge in [0.05, 0.1) is 12.1 Å². The van der Waals surface area contributed by atoms with Gasteiger partial charge in [0.15, 0.2) is 5.76 Å². The molecule has 0 atom stereocenters. The van der Waals surface area contributed by atoms with Gasteiger partial charge in [-0.25, -0.2) is 9.67 Å². The van der Waals surface area contributed by atoms with Crippen molar-refractivity contribution in [2.24, 2.45) is 0 Å². The van der Waals surface area contributed by atoms with Gasteiger partial charge in [0.2, 0.25) is 5.91 Å². The number of nitrogens with zero attached hydrogens (tertiary/aromatic N) is 3. The molecule has 0 fully saturated rings. The number of hydrogen-bond acceptors (Lipinski definition) is 5. The third-order valence-corrected chi connectivity index (χ3v) is 5.34. The van der Waals surface area contributed by atoms with Crippen molar-refractivity contribution in [2.75, 3.05) is 5.32 Å². The standard InChI is InChI=1S/C26H21N5O3/c32-25(28-15-19-7-11-22(12-8-19)31-17-27-16-29-31)13-18-5-9-21(10-6-18)30-26(33)24-14-20-3-1-2-4-23(20)34-24/h1-12,14,16-17H,13,15H2,(H,28,32)(H,30,33). The molecule has 0 aliphatic rings. The number of para-hydroxylation sites is 1. The lowest BCUT2D eigenvalue weighted by molar-refractivity contribution is -0.120. The maximum atomic E-state index is 12.5. The summed E-state index contributed by atoms with van der Waals surface area (Å²) in [7, 11) is 0. The van der Waals surface area contributed by atoms with Crippen LogP contribution < -0.4 is 10.6 Å². The second-order valence-corrected chi connectivity index (χ2v) is 7.76. The highest BCUT2D eigenvalue weighted by atomic mass is 16.3. The molecule has 0 unspecified atom stereocenters. The first kappa shape index (κ1) is 21.1. The van der Waals surface area contributed by atoms with Crippen LogP contribution >= 0.6 is 0 Å². The van der Waals surface area contributed by atoms with Gasteiger partial charge in [0.1, 0.15) is 18.2 Å². The predicted molar refractivity (Wildman–Crippen MR) is 128 cm³/mol. The molecule has 0 spiro atoms. The summed E-state index contributed by atoms with van der Waals surface area (Å²) in [6, 6.07) is 24.1. The second kappa shape index (κ2) is 9.41. The van der Waals surface area contributed by atoms with E-state index in [0.717, 1.165) is 22.2 Å². The third-order valence-electron chi connectivity index (χ3n) is 5.34. The average Bonchev–Trinajstić information content (AvgIpc) is 3.55. The number of carbonyl (C=O) groups excluding carboxylic acids is 2. The van der Waals surface area contributed by atoms with Crippen molar-refractivity contribution in [3.05, 3.63) is 108 Å². The monoisotopic (exact) mass is 451 g/mol. The van der Waals surface area contributed by atoms with Crippen molar-refractivity contribution in [1.82, 2.24) is 20.1 Å². The van der Waals surface area contributed by atoms with Gasteiger partial charge < -0.3 is 15.1 Å². The van der Waals surface area contributed by atoms with Crippen LogP contribution in [0.4, 0.5) is 5.69 Å². The van der Waals surface area contributed by atoms with E-state index in [2.05, 4.69) is 20.7 Å². The van der Waals surface area contributed by atoms with Crippen LogP contribution in [0, 0.1) is 0 Å². The predicted octanol–water partition coefficient (Wildman–Crippen LogP) is 4.12. The van der Waals surface area contributed by atoms with Gasteiger partial charge in [-0.15, -0.1) is 0 Å². The first-order valence-corrected chi connectivity index (χ1v) is 10.7. The van der Waals surface area contributed by atoms with Crippen LogP contribution in [0.1, 0.15) is 21.7 Å². The summed E-state index contributed by atoms with van der Waals surface area (Å²) in [6.07, 6.45) is 3.36. The van der Waals surface area contributed by atoms with E-state index in [1.807, 2.05) is 60.7 Å². The first-order chi connectivity index (χ1) is 16.6. The fourth-order valence-corrected chi connectivity index (χ4v) is 3.55. The van der Waals surface area contributed by atoms with Crippen molar-refractivity contribution in [1.29, 1.82) is 0 Å². The van der Waals surface area contributed by atoms with E-state index in [1.54, 1.807) is 29.2 Å². The van der Waals surface area contributed by atoms with Crippen molar-refractivity contribution in [3.63, 3.8) is 0 Å². The topological polar surface area (TPSA) is 102 Å². The van der Waals surface area contributed by atoms with Crippen LogP contribution in [-0.4, -0.2) is 26.6 Å². The van der Waals surface area contributed by atoms with E-state index in [9.17, 15) is 9.59 Å². The summed E-state index contributed by atoms with van der Waals surface area (Å²) in [5, 5.41) is 10.7. The Kier molecular flexibility index (Phi) is 5.85. The zero-order valence-electron chi connectivity index (χ0n) is 18.1. The smallest absolute Gasteiger partial charge is 0.291 e. The molecule has 8 heteroatoms. The number of anilines is 1. The molecule has 3 aromatic carbocycles. The van der Waals surface area contributed by atoms with Crippen LogP contribution in [0.15, 0.2) is 95.9 Å². The van der Waals surface area contributed by atoms with Crippen LogP contribution in [-0.2, 0) is 17.8 Å². The minimum Gasteiger partial charge on any atom is -0.451 e. The average molecular weight is 451 g/mol. The van der Waals surface area contributed by atoms with E-state index < -0.39 is 0 Å². The molecule has 5 aromatic rings. The number of hydrogen-bond donors (Lipinski definition) is 2. The van der Waals surface area contributed by atoms with E-state index in [0.29, 0.717) is 17.8 Å². The largest absolute Gasteiger partial charge is 0.451 e. The van der Waals surface area contributed by atoms with Gasteiger partial charge in [-0.1, -0.05) is 42.5 Å². The molecule has 2 aromatic heterocycles. The molecule has 0 radical (unpaired) electrons. The lowest BCUT2D eigenvalue weighted by Gasteiger charge is -2.08. The minimum atomic E-state index is -0.323. The fraction of sp³-hybridized carbons (Fsp3) is 0.0769. The number of aromatic nitrogens is 3. The summed E-state index contributed by atoms with van der Waals surface area (Å²) in [5.74, 6) is -0.157. The van der Waals surface area contributed by atoms with Crippen molar-refractivity contribution in [3.8, 4) is 5.69 Å². The van der Waals surface area contributed by atoms with Crippen LogP contribution in [0.3, 0.4) is 0 Å². The minimum absolute atomic E-state index is 0.0839. The van der Waals surface area contributed by atoms with Gasteiger partial charge in [-0.3, -0.25) is 9.59 Å².